The third-order valence-corrected chi connectivity index (χ3v) is 14.2. The largest absolute Gasteiger partial charge is 0.460 e. The van der Waals surface area contributed by atoms with E-state index in [-0.39, 0.29) is 42.8 Å². The molecule has 0 unspecified atom stereocenters. The molecule has 14 heteroatoms. The van der Waals surface area contributed by atoms with Crippen LogP contribution in [0.4, 0.5) is 0 Å². The van der Waals surface area contributed by atoms with Crippen molar-refractivity contribution in [3.63, 3.8) is 0 Å². The number of carbonyl (C=O) groups is 5. The SMILES string of the molecule is CO[C@H]1C[C@@H]2CC[C@@H](C)[C@@](O)(O2)C(=O)C(=O)N2CCCC[C@H]2C(=O)O[C@H]([C@H](C)C[C@@H]2CC[C@@H](O)[C@H](O)C2)CC(=O)[C@H](C)/C=C(\C)[C@@H](O)[C@@H](OC)C(=O)[C@H](C)C[C@H](C)/C=C\C=CC=C1C. The Hall–Kier alpha value is -3.37. The third kappa shape index (κ3) is 13.8. The first kappa shape index (κ1) is 53.2. The minimum atomic E-state index is -2.44. The van der Waals surface area contributed by atoms with Gasteiger partial charge in [0.25, 0.3) is 11.7 Å². The molecule has 3 fully saturated rings. The molecule has 0 spiro atoms. The summed E-state index contributed by atoms with van der Waals surface area (Å²) in [7, 11) is 2.94. The topological polar surface area (TPSA) is 206 Å². The number of amides is 1. The summed E-state index contributed by atoms with van der Waals surface area (Å²) in [6.45, 7) is 12.6. The molecule has 4 N–H and O–H groups in total. The zero-order valence-electron chi connectivity index (χ0n) is 39.6. The minimum absolute atomic E-state index is 0.0134. The van der Waals surface area contributed by atoms with Crippen molar-refractivity contribution in [2.45, 2.75) is 180 Å². The van der Waals surface area contributed by atoms with Gasteiger partial charge in [0.2, 0.25) is 5.79 Å². The standard InChI is InChI=1S/C50H77NO13/c1-29-15-11-10-12-16-30(2)42(61-8)27-37-20-18-35(7)50(60,64-37)47(57)48(58)51-22-14-13-17-38(51)49(59)63-43(32(4)25-36-19-21-39(52)41(54)26-36)28-40(53)31(3)24-34(6)45(56)46(62-9)44(55)33(5)23-29/h10-12,15-16,24,29,31-33,35-39,41-43,45-46,52,54,56,60H,13-14,17-23,25-28H2,1-9H3/b12-10?,15-11-,30-16?,34-24+/t29-,31-,32-,33-,35-,36+,37+,38+,39-,41-,42+,43+,45-,46+,50-/m1/s1. The van der Waals surface area contributed by atoms with Crippen LogP contribution < -0.4 is 0 Å². The highest BCUT2D eigenvalue weighted by Gasteiger charge is 2.53. The summed E-state index contributed by atoms with van der Waals surface area (Å²) in [5, 5.41) is 43.9. The number of esters is 1. The van der Waals surface area contributed by atoms with Crippen molar-refractivity contribution >= 4 is 29.2 Å². The van der Waals surface area contributed by atoms with Crippen LogP contribution in [0, 0.1) is 35.5 Å². The molecule has 1 saturated carbocycles. The number of cyclic esters (lactones) is 1. The molecule has 360 valence electrons. The normalized spacial score (nSPS) is 39.5. The smallest absolute Gasteiger partial charge is 0.329 e. The second kappa shape index (κ2) is 24.4. The zero-order valence-corrected chi connectivity index (χ0v) is 39.6. The Morgan fingerprint density at radius 2 is 1.56 bits per heavy atom. The van der Waals surface area contributed by atoms with Crippen LogP contribution in [0.2, 0.25) is 0 Å². The predicted octanol–water partition coefficient (Wildman–Crippen LogP) is 5.53. The molecule has 1 amide bonds. The number of methoxy groups -OCH3 is 2. The molecule has 0 aromatic rings. The molecule has 0 radical (unpaired) electrons. The lowest BCUT2D eigenvalue weighted by molar-refractivity contribution is -0.265. The number of fused-ring (bicyclic) bond motifs is 3. The van der Waals surface area contributed by atoms with Gasteiger partial charge in [-0.1, -0.05) is 71.1 Å². The number of ketones is 3. The van der Waals surface area contributed by atoms with E-state index in [1.165, 1.54) is 12.0 Å². The van der Waals surface area contributed by atoms with E-state index in [0.717, 1.165) is 5.57 Å². The molecule has 64 heavy (non-hydrogen) atoms. The van der Waals surface area contributed by atoms with Gasteiger partial charge in [0.15, 0.2) is 5.78 Å². The maximum atomic E-state index is 14.3. The monoisotopic (exact) mass is 900 g/mol. The van der Waals surface area contributed by atoms with Crippen molar-refractivity contribution in [1.82, 2.24) is 4.90 Å². The number of carbonyl (C=O) groups excluding carboxylic acids is 5. The highest BCUT2D eigenvalue weighted by molar-refractivity contribution is 6.39. The third-order valence-electron chi connectivity index (χ3n) is 14.2. The van der Waals surface area contributed by atoms with E-state index >= 15 is 0 Å². The van der Waals surface area contributed by atoms with Gasteiger partial charge in [0.05, 0.1) is 24.4 Å². The number of ether oxygens (including phenoxy) is 4. The Morgan fingerprint density at radius 1 is 0.844 bits per heavy atom. The average molecular weight is 900 g/mol. The summed E-state index contributed by atoms with van der Waals surface area (Å²) >= 11 is 0. The number of hydrogen-bond donors (Lipinski definition) is 4. The Balaban J connectivity index is 1.70. The molecule has 4 rings (SSSR count). The summed E-state index contributed by atoms with van der Waals surface area (Å²) < 4.78 is 23.7. The van der Waals surface area contributed by atoms with Crippen molar-refractivity contribution in [3.8, 4) is 0 Å². The number of piperidine rings is 1. The van der Waals surface area contributed by atoms with Crippen LogP contribution >= 0.6 is 0 Å². The molecule has 0 aromatic heterocycles. The highest BCUT2D eigenvalue weighted by Crippen LogP contribution is 2.37. The van der Waals surface area contributed by atoms with E-state index in [2.05, 4.69) is 0 Å². The van der Waals surface area contributed by atoms with Gasteiger partial charge >= 0.3 is 5.97 Å². The molecule has 15 atom stereocenters. The maximum Gasteiger partial charge on any atom is 0.329 e. The van der Waals surface area contributed by atoms with Crippen LogP contribution in [-0.2, 0) is 42.9 Å². The summed E-state index contributed by atoms with van der Waals surface area (Å²) in [6, 6.07) is -1.16. The molecule has 1 aliphatic carbocycles. The van der Waals surface area contributed by atoms with Crippen LogP contribution in [0.1, 0.15) is 126 Å². The minimum Gasteiger partial charge on any atom is -0.460 e. The maximum absolute atomic E-state index is 14.3. The average Bonchev–Trinajstić information content (AvgIpc) is 3.26. The van der Waals surface area contributed by atoms with Crippen molar-refractivity contribution in [2.24, 2.45) is 35.5 Å². The van der Waals surface area contributed by atoms with Crippen molar-refractivity contribution in [2.75, 3.05) is 20.8 Å². The Bertz CT molecular complexity index is 1740. The first-order valence-electron chi connectivity index (χ1n) is 23.5. The predicted molar refractivity (Wildman–Crippen MR) is 240 cm³/mol. The number of hydrogen-bond acceptors (Lipinski definition) is 13. The number of rotatable bonds is 5. The van der Waals surface area contributed by atoms with Crippen molar-refractivity contribution in [3.05, 3.63) is 47.6 Å². The molecule has 2 saturated heterocycles. The first-order valence-corrected chi connectivity index (χ1v) is 23.5. The van der Waals surface area contributed by atoms with Crippen LogP contribution in [0.25, 0.3) is 0 Å². The Kier molecular flexibility index (Phi) is 20.3. The number of aliphatic hydroxyl groups is 4. The molecular formula is C50H77NO13. The first-order chi connectivity index (χ1) is 30.2. The van der Waals surface area contributed by atoms with E-state index < -0.39 is 95.9 Å². The molecule has 14 nitrogen and oxygen atoms in total. The lowest BCUT2D eigenvalue weighted by Crippen LogP contribution is -2.61. The van der Waals surface area contributed by atoms with Crippen LogP contribution in [0.3, 0.4) is 0 Å². The zero-order chi connectivity index (χ0) is 47.5. The quantitative estimate of drug-likeness (QED) is 0.153. The summed E-state index contributed by atoms with van der Waals surface area (Å²) in [5.41, 5.74) is 1.24. The second-order valence-corrected chi connectivity index (χ2v) is 19.4. The van der Waals surface area contributed by atoms with Crippen LogP contribution in [0.15, 0.2) is 47.6 Å². The molecule has 3 heterocycles. The fourth-order valence-electron chi connectivity index (χ4n) is 9.88. The van der Waals surface area contributed by atoms with Gasteiger partial charge in [-0.3, -0.25) is 19.2 Å². The van der Waals surface area contributed by atoms with Crippen LogP contribution in [0.5, 0.6) is 0 Å². The fraction of sp³-hybridized carbons (Fsp3) is 0.740. The lowest BCUT2D eigenvalue weighted by atomic mass is 9.78. The fourth-order valence-corrected chi connectivity index (χ4v) is 9.88. The Labute approximate surface area is 380 Å². The van der Waals surface area contributed by atoms with E-state index in [4.69, 9.17) is 18.9 Å². The summed E-state index contributed by atoms with van der Waals surface area (Å²) in [6.07, 6.45) is 9.61. The molecule has 4 aliphatic rings. The molecule has 3 aliphatic heterocycles. The second-order valence-electron chi connectivity index (χ2n) is 19.4. The van der Waals surface area contributed by atoms with Crippen molar-refractivity contribution < 1.29 is 63.3 Å². The number of nitrogens with zero attached hydrogens (tertiary/aromatic N) is 1. The summed E-state index contributed by atoms with van der Waals surface area (Å²) in [5.74, 6) is -8.29. The van der Waals surface area contributed by atoms with Gasteiger partial charge in [0.1, 0.15) is 30.1 Å². The van der Waals surface area contributed by atoms with Gasteiger partial charge in [-0.2, -0.15) is 0 Å². The van der Waals surface area contributed by atoms with Crippen LogP contribution in [-0.4, -0.2) is 130 Å². The number of Topliss-reactive ketones (excluding diaryl/α,β-unsaturated/α-hetero) is 3. The van der Waals surface area contributed by atoms with Crippen molar-refractivity contribution in [1.29, 1.82) is 0 Å². The van der Waals surface area contributed by atoms with Gasteiger partial charge < -0.3 is 44.3 Å². The van der Waals surface area contributed by atoms with E-state index in [1.807, 2.05) is 51.2 Å². The summed E-state index contributed by atoms with van der Waals surface area (Å²) in [4.78, 5) is 71.5. The van der Waals surface area contributed by atoms with Gasteiger partial charge in [-0.05, 0) is 107 Å². The van der Waals surface area contributed by atoms with Gasteiger partial charge in [0, 0.05) is 51.4 Å². The molecule has 2 bridgehead atoms. The number of aliphatic hydroxyl groups excluding tert-OH is 3. The van der Waals surface area contributed by atoms with Gasteiger partial charge in [-0.25, -0.2) is 4.79 Å². The highest BCUT2D eigenvalue weighted by atomic mass is 16.6. The Morgan fingerprint density at radius 3 is 2.23 bits per heavy atom. The van der Waals surface area contributed by atoms with E-state index in [9.17, 15) is 44.4 Å². The number of allylic oxidation sites excluding steroid dienone is 6. The van der Waals surface area contributed by atoms with E-state index in [1.54, 1.807) is 40.9 Å². The van der Waals surface area contributed by atoms with E-state index in [0.29, 0.717) is 69.8 Å². The van der Waals surface area contributed by atoms with Gasteiger partial charge in [-0.15, -0.1) is 0 Å². The molecule has 0 aromatic carbocycles. The molecular weight excluding hydrogens is 823 g/mol. The lowest BCUT2D eigenvalue weighted by Gasteiger charge is -2.42.